The maximum Gasteiger partial charge on any atom is 0.220 e. The molecule has 0 radical (unpaired) electrons. The normalized spacial score (nSPS) is 30.2. The molecule has 1 aliphatic heterocycles. The van der Waals surface area contributed by atoms with Crippen LogP contribution in [-0.4, -0.2) is 42.5 Å². The summed E-state index contributed by atoms with van der Waals surface area (Å²) >= 11 is 0. The Bertz CT molecular complexity index is 289. The summed E-state index contributed by atoms with van der Waals surface area (Å²) in [6, 6.07) is 0.492. The zero-order chi connectivity index (χ0) is 13.7. The minimum atomic E-state index is 0.187. The van der Waals surface area contributed by atoms with Crippen molar-refractivity contribution < 1.29 is 4.79 Å². The van der Waals surface area contributed by atoms with Crippen molar-refractivity contribution in [1.29, 1.82) is 0 Å². The Morgan fingerprint density at radius 2 is 2.00 bits per heavy atom. The molecule has 0 bridgehead atoms. The zero-order valence-corrected chi connectivity index (χ0v) is 12.2. The zero-order valence-electron chi connectivity index (χ0n) is 12.2. The molecule has 1 aliphatic carbocycles. The fourth-order valence-corrected chi connectivity index (χ4v) is 3.47. The molecule has 0 aromatic rings. The molecule has 110 valence electrons. The average molecular weight is 267 g/mol. The molecule has 1 saturated carbocycles. The van der Waals surface area contributed by atoms with E-state index in [1.165, 1.54) is 38.8 Å². The molecule has 4 heteroatoms. The van der Waals surface area contributed by atoms with Gasteiger partial charge in [-0.2, -0.15) is 0 Å². The van der Waals surface area contributed by atoms with E-state index in [2.05, 4.69) is 17.1 Å². The molecular weight excluding hydrogens is 238 g/mol. The van der Waals surface area contributed by atoms with Gasteiger partial charge in [0.1, 0.15) is 0 Å². The fraction of sp³-hybridized carbons (Fsp3) is 0.933. The number of carbonyl (C=O) groups excluding carboxylic acids is 1. The Morgan fingerprint density at radius 1 is 1.26 bits per heavy atom. The summed E-state index contributed by atoms with van der Waals surface area (Å²) in [6.45, 7) is 5.48. The van der Waals surface area contributed by atoms with E-state index in [9.17, 15) is 4.79 Å². The van der Waals surface area contributed by atoms with E-state index in [1.54, 1.807) is 0 Å². The standard InChI is InChI=1S/C15H29N3O/c1-12(11-18-8-3-2-4-9-18)17-15(19)10-13-6-5-7-14(13)16/h12-14H,2-11,16H2,1H3,(H,17,19)/t12?,13-,14+/m0/s1. The smallest absolute Gasteiger partial charge is 0.220 e. The predicted octanol–water partition coefficient (Wildman–Crippen LogP) is 1.49. The van der Waals surface area contributed by atoms with Crippen molar-refractivity contribution >= 4 is 5.91 Å². The first kappa shape index (κ1) is 14.8. The molecule has 0 spiro atoms. The molecule has 4 nitrogen and oxygen atoms in total. The maximum absolute atomic E-state index is 12.0. The van der Waals surface area contributed by atoms with Crippen molar-refractivity contribution in [2.75, 3.05) is 19.6 Å². The summed E-state index contributed by atoms with van der Waals surface area (Å²) in [5.74, 6) is 0.592. The minimum Gasteiger partial charge on any atom is -0.352 e. The lowest BCUT2D eigenvalue weighted by Crippen LogP contribution is -2.44. The molecule has 3 N–H and O–H groups in total. The van der Waals surface area contributed by atoms with Gasteiger partial charge in [0.2, 0.25) is 5.91 Å². The topological polar surface area (TPSA) is 58.4 Å². The number of hydrogen-bond acceptors (Lipinski definition) is 3. The van der Waals surface area contributed by atoms with Crippen LogP contribution in [0.2, 0.25) is 0 Å². The van der Waals surface area contributed by atoms with E-state index >= 15 is 0 Å². The molecule has 19 heavy (non-hydrogen) atoms. The van der Waals surface area contributed by atoms with Crippen molar-refractivity contribution in [3.05, 3.63) is 0 Å². The lowest BCUT2D eigenvalue weighted by Gasteiger charge is -2.29. The number of nitrogens with one attached hydrogen (secondary N) is 1. The third kappa shape index (κ3) is 4.77. The largest absolute Gasteiger partial charge is 0.352 e. The summed E-state index contributed by atoms with van der Waals surface area (Å²) < 4.78 is 0. The number of nitrogens with two attached hydrogens (primary N) is 1. The van der Waals surface area contributed by atoms with E-state index < -0.39 is 0 Å². The molecular formula is C15H29N3O. The molecule has 1 amide bonds. The maximum atomic E-state index is 12.0. The van der Waals surface area contributed by atoms with Gasteiger partial charge >= 0.3 is 0 Å². The highest BCUT2D eigenvalue weighted by atomic mass is 16.1. The van der Waals surface area contributed by atoms with Gasteiger partial charge in [0.05, 0.1) is 0 Å². The first-order valence-electron chi connectivity index (χ1n) is 7.92. The van der Waals surface area contributed by atoms with Crippen LogP contribution in [0.5, 0.6) is 0 Å². The van der Waals surface area contributed by atoms with Crippen LogP contribution < -0.4 is 11.1 Å². The van der Waals surface area contributed by atoms with Crippen LogP contribution in [0, 0.1) is 5.92 Å². The van der Waals surface area contributed by atoms with Gasteiger partial charge in [-0.25, -0.2) is 0 Å². The number of carbonyl (C=O) groups is 1. The van der Waals surface area contributed by atoms with Crippen molar-refractivity contribution in [3.8, 4) is 0 Å². The van der Waals surface area contributed by atoms with Crippen molar-refractivity contribution in [3.63, 3.8) is 0 Å². The number of likely N-dealkylation sites (tertiary alicyclic amines) is 1. The third-order valence-electron chi connectivity index (χ3n) is 4.55. The fourth-order valence-electron chi connectivity index (χ4n) is 3.47. The first-order chi connectivity index (χ1) is 9.15. The predicted molar refractivity (Wildman–Crippen MR) is 77.8 cm³/mol. The van der Waals surface area contributed by atoms with E-state index in [1.807, 2.05) is 0 Å². The Kier molecular flexibility index (Phi) is 5.64. The van der Waals surface area contributed by atoms with Gasteiger partial charge in [-0.3, -0.25) is 4.79 Å². The van der Waals surface area contributed by atoms with Gasteiger partial charge in [-0.05, 0) is 51.6 Å². The third-order valence-corrected chi connectivity index (χ3v) is 4.55. The number of hydrogen-bond donors (Lipinski definition) is 2. The Labute approximate surface area is 117 Å². The Morgan fingerprint density at radius 3 is 2.63 bits per heavy atom. The van der Waals surface area contributed by atoms with Crippen molar-refractivity contribution in [1.82, 2.24) is 10.2 Å². The molecule has 1 saturated heterocycles. The highest BCUT2D eigenvalue weighted by Gasteiger charge is 2.26. The van der Waals surface area contributed by atoms with Gasteiger partial charge in [0.25, 0.3) is 0 Å². The van der Waals surface area contributed by atoms with Gasteiger partial charge < -0.3 is 16.0 Å². The molecule has 3 atom stereocenters. The molecule has 1 unspecified atom stereocenters. The van der Waals surface area contributed by atoms with Gasteiger partial charge in [-0.15, -0.1) is 0 Å². The van der Waals surface area contributed by atoms with Gasteiger partial charge in [-0.1, -0.05) is 12.8 Å². The Balaban J connectivity index is 1.66. The van der Waals surface area contributed by atoms with Crippen molar-refractivity contribution in [2.24, 2.45) is 11.7 Å². The van der Waals surface area contributed by atoms with Crippen LogP contribution in [0.1, 0.15) is 51.9 Å². The lowest BCUT2D eigenvalue weighted by molar-refractivity contribution is -0.122. The van der Waals surface area contributed by atoms with E-state index in [4.69, 9.17) is 5.73 Å². The second-order valence-corrected chi connectivity index (χ2v) is 6.39. The second kappa shape index (κ2) is 7.25. The molecule has 2 aliphatic rings. The quantitative estimate of drug-likeness (QED) is 0.793. The number of amides is 1. The van der Waals surface area contributed by atoms with Crippen LogP contribution >= 0.6 is 0 Å². The number of nitrogens with zero attached hydrogens (tertiary/aromatic N) is 1. The SMILES string of the molecule is CC(CN1CCCCC1)NC(=O)C[C@@H]1CCC[C@H]1N. The minimum absolute atomic E-state index is 0.187. The Hall–Kier alpha value is -0.610. The number of rotatable bonds is 5. The summed E-state index contributed by atoms with van der Waals surface area (Å²) in [5, 5.41) is 3.14. The van der Waals surface area contributed by atoms with Crippen LogP contribution in [0.4, 0.5) is 0 Å². The highest BCUT2D eigenvalue weighted by Crippen LogP contribution is 2.26. The summed E-state index contributed by atoms with van der Waals surface area (Å²) in [6.07, 6.45) is 7.97. The van der Waals surface area contributed by atoms with Gasteiger partial charge in [0.15, 0.2) is 0 Å². The average Bonchev–Trinajstić information content (AvgIpc) is 2.76. The molecule has 0 aromatic carbocycles. The van der Waals surface area contributed by atoms with Crippen LogP contribution in [0.15, 0.2) is 0 Å². The molecule has 1 heterocycles. The molecule has 2 fully saturated rings. The summed E-state index contributed by atoms with van der Waals surface area (Å²) in [5.41, 5.74) is 6.02. The van der Waals surface area contributed by atoms with Crippen LogP contribution in [0.25, 0.3) is 0 Å². The lowest BCUT2D eigenvalue weighted by atomic mass is 10.00. The molecule has 2 rings (SSSR count). The number of piperidine rings is 1. The summed E-state index contributed by atoms with van der Waals surface area (Å²) in [4.78, 5) is 14.5. The van der Waals surface area contributed by atoms with Crippen LogP contribution in [-0.2, 0) is 4.79 Å². The molecule has 0 aromatic heterocycles. The van der Waals surface area contributed by atoms with Crippen molar-refractivity contribution in [2.45, 2.75) is 64.0 Å². The highest BCUT2D eigenvalue weighted by molar-refractivity contribution is 5.76. The summed E-state index contributed by atoms with van der Waals surface area (Å²) in [7, 11) is 0. The second-order valence-electron chi connectivity index (χ2n) is 6.39. The first-order valence-corrected chi connectivity index (χ1v) is 7.92. The van der Waals surface area contributed by atoms with E-state index in [0.29, 0.717) is 12.3 Å². The van der Waals surface area contributed by atoms with E-state index in [0.717, 1.165) is 19.4 Å². The van der Waals surface area contributed by atoms with E-state index in [-0.39, 0.29) is 18.0 Å². The van der Waals surface area contributed by atoms with Gasteiger partial charge in [0, 0.05) is 25.0 Å². The monoisotopic (exact) mass is 267 g/mol. The van der Waals surface area contributed by atoms with Crippen LogP contribution in [0.3, 0.4) is 0 Å².